The lowest BCUT2D eigenvalue weighted by Gasteiger charge is -2.22. The molecule has 0 saturated heterocycles. The number of halogens is 2. The molecule has 2 N–H and O–H groups in total. The molecule has 0 amide bonds. The molecular formula is C15H17ClFN3O. The van der Waals surface area contributed by atoms with Crippen LogP contribution in [-0.4, -0.2) is 16.2 Å². The van der Waals surface area contributed by atoms with E-state index in [0.29, 0.717) is 35.1 Å². The number of hydrogen-bond donors (Lipinski definition) is 1. The molecule has 21 heavy (non-hydrogen) atoms. The van der Waals surface area contributed by atoms with Gasteiger partial charge < -0.3 is 10.3 Å². The Morgan fingerprint density at radius 1 is 1.29 bits per heavy atom. The number of nitrogens with two attached hydrogens (primary N) is 1. The van der Waals surface area contributed by atoms with Gasteiger partial charge in [0, 0.05) is 23.4 Å². The van der Waals surface area contributed by atoms with Crippen LogP contribution in [0.3, 0.4) is 0 Å². The molecule has 1 heterocycles. The van der Waals surface area contributed by atoms with Crippen LogP contribution in [0.5, 0.6) is 0 Å². The molecule has 1 aromatic heterocycles. The predicted molar refractivity (Wildman–Crippen MR) is 77.7 cm³/mol. The first kappa shape index (κ1) is 14.5. The third-order valence-electron chi connectivity index (χ3n) is 3.97. The number of rotatable bonds is 3. The Balaban J connectivity index is 1.70. The van der Waals surface area contributed by atoms with Crippen molar-refractivity contribution in [1.29, 1.82) is 0 Å². The Morgan fingerprint density at radius 2 is 2.05 bits per heavy atom. The largest absolute Gasteiger partial charge is 0.339 e. The smallest absolute Gasteiger partial charge is 0.229 e. The van der Waals surface area contributed by atoms with Crippen LogP contribution >= 0.6 is 11.6 Å². The molecule has 0 radical (unpaired) electrons. The molecule has 0 unspecified atom stereocenters. The molecule has 0 aliphatic heterocycles. The van der Waals surface area contributed by atoms with Crippen molar-refractivity contribution >= 4 is 11.6 Å². The van der Waals surface area contributed by atoms with Crippen LogP contribution in [0.25, 0.3) is 0 Å². The van der Waals surface area contributed by atoms with E-state index in [1.807, 2.05) is 0 Å². The van der Waals surface area contributed by atoms with Gasteiger partial charge in [-0.25, -0.2) is 4.39 Å². The van der Waals surface area contributed by atoms with Gasteiger partial charge in [0.15, 0.2) is 5.82 Å². The van der Waals surface area contributed by atoms with E-state index in [9.17, 15) is 4.39 Å². The van der Waals surface area contributed by atoms with Gasteiger partial charge in [-0.15, -0.1) is 0 Å². The van der Waals surface area contributed by atoms with Crippen LogP contribution in [0.4, 0.5) is 4.39 Å². The summed E-state index contributed by atoms with van der Waals surface area (Å²) in [5.41, 5.74) is 6.69. The van der Waals surface area contributed by atoms with Gasteiger partial charge in [0.1, 0.15) is 5.82 Å². The third-order valence-corrected chi connectivity index (χ3v) is 4.32. The van der Waals surface area contributed by atoms with E-state index in [1.165, 1.54) is 12.1 Å². The van der Waals surface area contributed by atoms with Crippen LogP contribution < -0.4 is 5.73 Å². The average molecular weight is 310 g/mol. The molecular weight excluding hydrogens is 293 g/mol. The monoisotopic (exact) mass is 309 g/mol. The van der Waals surface area contributed by atoms with E-state index in [1.54, 1.807) is 6.07 Å². The summed E-state index contributed by atoms with van der Waals surface area (Å²) in [6.07, 6.45) is 4.40. The van der Waals surface area contributed by atoms with E-state index >= 15 is 0 Å². The van der Waals surface area contributed by atoms with Gasteiger partial charge >= 0.3 is 0 Å². The van der Waals surface area contributed by atoms with Gasteiger partial charge in [-0.1, -0.05) is 22.8 Å². The van der Waals surface area contributed by atoms with Crippen LogP contribution in [0.1, 0.15) is 48.9 Å². The molecule has 3 rings (SSSR count). The summed E-state index contributed by atoms with van der Waals surface area (Å²) in [5, 5.41) is 4.38. The van der Waals surface area contributed by atoms with Gasteiger partial charge in [0.05, 0.1) is 0 Å². The molecule has 1 aliphatic carbocycles. The van der Waals surface area contributed by atoms with Crippen LogP contribution in [0.15, 0.2) is 22.7 Å². The topological polar surface area (TPSA) is 64.9 Å². The Labute approximate surface area is 127 Å². The fourth-order valence-corrected chi connectivity index (χ4v) is 2.94. The molecule has 1 saturated carbocycles. The van der Waals surface area contributed by atoms with Crippen molar-refractivity contribution in [2.75, 3.05) is 0 Å². The Hall–Kier alpha value is -1.46. The first-order chi connectivity index (χ1) is 10.1. The highest BCUT2D eigenvalue weighted by Gasteiger charge is 2.24. The van der Waals surface area contributed by atoms with Gasteiger partial charge in [-0.3, -0.25) is 0 Å². The second-order valence-corrected chi connectivity index (χ2v) is 5.98. The van der Waals surface area contributed by atoms with Crippen molar-refractivity contribution < 1.29 is 8.91 Å². The van der Waals surface area contributed by atoms with E-state index in [4.69, 9.17) is 21.9 Å². The highest BCUT2D eigenvalue weighted by molar-refractivity contribution is 6.31. The van der Waals surface area contributed by atoms with Crippen molar-refractivity contribution in [2.45, 2.75) is 44.1 Å². The second kappa shape index (κ2) is 6.12. The molecule has 1 aromatic carbocycles. The minimum absolute atomic E-state index is 0.293. The fourth-order valence-electron chi connectivity index (χ4n) is 2.71. The molecule has 1 fully saturated rings. The standard InChI is InChI=1S/C15H17ClFN3O/c16-13-8-11(17)4-1-10(13)7-14-19-15(21-20-14)9-2-5-12(18)6-3-9/h1,4,8-9,12H,2-3,5-7,18H2. The molecule has 0 spiro atoms. The zero-order chi connectivity index (χ0) is 14.8. The third kappa shape index (κ3) is 3.41. The normalized spacial score (nSPS) is 22.4. The average Bonchev–Trinajstić information content (AvgIpc) is 2.91. The molecule has 2 aromatic rings. The maximum absolute atomic E-state index is 13.0. The molecule has 6 heteroatoms. The molecule has 1 aliphatic rings. The summed E-state index contributed by atoms with van der Waals surface area (Å²) in [7, 11) is 0. The number of hydrogen-bond acceptors (Lipinski definition) is 4. The lowest BCUT2D eigenvalue weighted by Crippen LogP contribution is -2.25. The minimum Gasteiger partial charge on any atom is -0.339 e. The van der Waals surface area contributed by atoms with E-state index in [2.05, 4.69) is 10.1 Å². The zero-order valence-corrected chi connectivity index (χ0v) is 12.3. The first-order valence-corrected chi connectivity index (χ1v) is 7.51. The summed E-state index contributed by atoms with van der Waals surface area (Å²) < 4.78 is 18.4. The van der Waals surface area contributed by atoms with Crippen LogP contribution in [0.2, 0.25) is 5.02 Å². The van der Waals surface area contributed by atoms with Crippen molar-refractivity contribution in [1.82, 2.24) is 10.1 Å². The van der Waals surface area contributed by atoms with Crippen LogP contribution in [0, 0.1) is 5.82 Å². The van der Waals surface area contributed by atoms with Crippen molar-refractivity contribution in [3.05, 3.63) is 46.3 Å². The lowest BCUT2D eigenvalue weighted by molar-refractivity contribution is 0.300. The van der Waals surface area contributed by atoms with E-state index in [-0.39, 0.29) is 5.82 Å². The van der Waals surface area contributed by atoms with Crippen LogP contribution in [-0.2, 0) is 6.42 Å². The Bertz CT molecular complexity index is 623. The number of benzene rings is 1. The van der Waals surface area contributed by atoms with Gasteiger partial charge in [-0.05, 0) is 43.4 Å². The highest BCUT2D eigenvalue weighted by Crippen LogP contribution is 2.31. The summed E-state index contributed by atoms with van der Waals surface area (Å²) >= 11 is 6.01. The minimum atomic E-state index is -0.351. The number of nitrogens with zero attached hydrogens (tertiary/aromatic N) is 2. The molecule has 4 nitrogen and oxygen atoms in total. The van der Waals surface area contributed by atoms with E-state index in [0.717, 1.165) is 31.2 Å². The number of aromatic nitrogens is 2. The van der Waals surface area contributed by atoms with E-state index < -0.39 is 0 Å². The zero-order valence-electron chi connectivity index (χ0n) is 11.6. The second-order valence-electron chi connectivity index (χ2n) is 5.57. The summed E-state index contributed by atoms with van der Waals surface area (Å²) in [6, 6.07) is 4.61. The predicted octanol–water partition coefficient (Wildman–Crippen LogP) is 3.44. The molecule has 0 atom stereocenters. The first-order valence-electron chi connectivity index (χ1n) is 7.14. The van der Waals surface area contributed by atoms with Gasteiger partial charge in [-0.2, -0.15) is 4.98 Å². The Morgan fingerprint density at radius 3 is 2.76 bits per heavy atom. The lowest BCUT2D eigenvalue weighted by atomic mass is 9.86. The summed E-state index contributed by atoms with van der Waals surface area (Å²) in [6.45, 7) is 0. The molecule has 0 bridgehead atoms. The Kier molecular flexibility index (Phi) is 4.22. The van der Waals surface area contributed by atoms with Gasteiger partial charge in [0.2, 0.25) is 5.89 Å². The fraction of sp³-hybridized carbons (Fsp3) is 0.467. The molecule has 112 valence electrons. The summed E-state index contributed by atoms with van der Waals surface area (Å²) in [5.74, 6) is 1.20. The van der Waals surface area contributed by atoms with Crippen molar-refractivity contribution in [3.8, 4) is 0 Å². The quantitative estimate of drug-likeness (QED) is 0.943. The maximum atomic E-state index is 13.0. The van der Waals surface area contributed by atoms with Crippen molar-refractivity contribution in [2.24, 2.45) is 5.73 Å². The summed E-state index contributed by atoms with van der Waals surface area (Å²) in [4.78, 5) is 4.45. The van der Waals surface area contributed by atoms with Gasteiger partial charge in [0.25, 0.3) is 0 Å². The maximum Gasteiger partial charge on any atom is 0.229 e. The SMILES string of the molecule is NC1CCC(c2nc(Cc3ccc(F)cc3Cl)no2)CC1. The highest BCUT2D eigenvalue weighted by atomic mass is 35.5. The van der Waals surface area contributed by atoms with Crippen molar-refractivity contribution in [3.63, 3.8) is 0 Å².